The van der Waals surface area contributed by atoms with E-state index in [-0.39, 0.29) is 17.0 Å². The lowest BCUT2D eigenvalue weighted by Crippen LogP contribution is -2.54. The molecule has 0 radical (unpaired) electrons. The van der Waals surface area contributed by atoms with Crippen molar-refractivity contribution in [3.05, 3.63) is 22.8 Å². The quantitative estimate of drug-likeness (QED) is 0.686. The Morgan fingerprint density at radius 1 is 1.28 bits per heavy atom. The molecule has 0 N–H and O–H groups in total. The molecule has 1 aliphatic rings. The average molecular weight is 380 g/mol. The minimum Gasteiger partial charge on any atom is -0.444 e. The molecular formula is C16H21ClF3N3O2. The number of hydrogen-bond acceptors (Lipinski definition) is 4. The van der Waals surface area contributed by atoms with Crippen LogP contribution in [-0.2, 0) is 10.9 Å². The van der Waals surface area contributed by atoms with Crippen LogP contribution in [0.3, 0.4) is 0 Å². The summed E-state index contributed by atoms with van der Waals surface area (Å²) >= 11 is 5.75. The number of hydrogen-bond donors (Lipinski definition) is 0. The predicted molar refractivity (Wildman–Crippen MR) is 88.9 cm³/mol. The highest BCUT2D eigenvalue weighted by Gasteiger charge is 2.34. The number of rotatable bonds is 1. The first-order valence-corrected chi connectivity index (χ1v) is 8.24. The first kappa shape index (κ1) is 19.6. The molecule has 0 bridgehead atoms. The van der Waals surface area contributed by atoms with Crippen LogP contribution in [0, 0.1) is 0 Å². The van der Waals surface area contributed by atoms with E-state index >= 15 is 0 Å². The molecule has 140 valence electrons. The second-order valence-corrected chi connectivity index (χ2v) is 7.39. The highest BCUT2D eigenvalue weighted by molar-refractivity contribution is 6.29. The van der Waals surface area contributed by atoms with Gasteiger partial charge in [-0.1, -0.05) is 11.6 Å². The number of pyridine rings is 1. The lowest BCUT2D eigenvalue weighted by atomic mass is 10.1. The van der Waals surface area contributed by atoms with Gasteiger partial charge < -0.3 is 14.5 Å². The van der Waals surface area contributed by atoms with Crippen molar-refractivity contribution < 1.29 is 22.7 Å². The molecule has 5 nitrogen and oxygen atoms in total. The van der Waals surface area contributed by atoms with Crippen molar-refractivity contribution >= 4 is 23.5 Å². The Morgan fingerprint density at radius 2 is 1.92 bits per heavy atom. The third-order valence-corrected chi connectivity index (χ3v) is 3.87. The summed E-state index contributed by atoms with van der Waals surface area (Å²) in [6.45, 7) is 8.13. The van der Waals surface area contributed by atoms with Gasteiger partial charge in [0.15, 0.2) is 0 Å². The van der Waals surface area contributed by atoms with Gasteiger partial charge in [0.25, 0.3) is 0 Å². The van der Waals surface area contributed by atoms with Crippen LogP contribution in [0.15, 0.2) is 12.1 Å². The Balaban J connectivity index is 2.14. The average Bonchev–Trinajstić information content (AvgIpc) is 2.43. The van der Waals surface area contributed by atoms with E-state index in [0.717, 1.165) is 12.1 Å². The summed E-state index contributed by atoms with van der Waals surface area (Å²) < 4.78 is 44.2. The Hall–Kier alpha value is -1.70. The maximum absolute atomic E-state index is 13.0. The lowest BCUT2D eigenvalue weighted by molar-refractivity contribution is -0.137. The lowest BCUT2D eigenvalue weighted by Gasteiger charge is -2.41. The number of ether oxygens (including phenoxy) is 1. The van der Waals surface area contributed by atoms with Crippen molar-refractivity contribution in [2.75, 3.05) is 24.5 Å². The van der Waals surface area contributed by atoms with E-state index in [1.807, 2.05) is 6.92 Å². The van der Waals surface area contributed by atoms with Gasteiger partial charge in [-0.25, -0.2) is 9.78 Å². The number of carbonyl (C=O) groups excluding carboxylic acids is 1. The number of anilines is 1. The number of carbonyl (C=O) groups is 1. The maximum atomic E-state index is 13.0. The zero-order valence-corrected chi connectivity index (χ0v) is 15.3. The van der Waals surface area contributed by atoms with E-state index in [4.69, 9.17) is 16.3 Å². The molecule has 1 amide bonds. The van der Waals surface area contributed by atoms with E-state index in [1.54, 1.807) is 30.6 Å². The van der Waals surface area contributed by atoms with E-state index < -0.39 is 23.4 Å². The fourth-order valence-electron chi connectivity index (χ4n) is 2.58. The highest BCUT2D eigenvalue weighted by atomic mass is 35.5. The molecule has 0 aliphatic carbocycles. The van der Waals surface area contributed by atoms with E-state index in [0.29, 0.717) is 19.6 Å². The van der Waals surface area contributed by atoms with Crippen LogP contribution in [0.25, 0.3) is 0 Å². The molecule has 9 heteroatoms. The van der Waals surface area contributed by atoms with Gasteiger partial charge in [-0.05, 0) is 39.8 Å². The van der Waals surface area contributed by atoms with Crippen LogP contribution in [0.2, 0.25) is 5.15 Å². The summed E-state index contributed by atoms with van der Waals surface area (Å²) in [7, 11) is 0. The Kier molecular flexibility index (Phi) is 5.41. The van der Waals surface area contributed by atoms with Crippen LogP contribution < -0.4 is 4.90 Å². The molecule has 2 heterocycles. The molecular weight excluding hydrogens is 359 g/mol. The number of amides is 1. The van der Waals surface area contributed by atoms with Gasteiger partial charge in [0.2, 0.25) is 0 Å². The van der Waals surface area contributed by atoms with Crippen molar-refractivity contribution in [3.63, 3.8) is 0 Å². The third kappa shape index (κ3) is 5.14. The molecule has 1 fully saturated rings. The summed E-state index contributed by atoms with van der Waals surface area (Å²) in [5, 5.41) is -0.216. The molecule has 1 saturated heterocycles. The van der Waals surface area contributed by atoms with Crippen LogP contribution in [0.5, 0.6) is 0 Å². The van der Waals surface area contributed by atoms with Crippen LogP contribution >= 0.6 is 11.6 Å². The van der Waals surface area contributed by atoms with Gasteiger partial charge in [-0.15, -0.1) is 0 Å². The van der Waals surface area contributed by atoms with Crippen molar-refractivity contribution in [1.82, 2.24) is 9.88 Å². The molecule has 1 unspecified atom stereocenters. The SMILES string of the molecule is CC1CN(C(=O)OC(C)(C)C)CCN1c1cc(C(F)(F)F)cc(Cl)n1. The van der Waals surface area contributed by atoms with Crippen molar-refractivity contribution in [1.29, 1.82) is 0 Å². The van der Waals surface area contributed by atoms with Gasteiger partial charge in [0.05, 0.1) is 5.56 Å². The third-order valence-electron chi connectivity index (χ3n) is 3.68. The monoisotopic (exact) mass is 379 g/mol. The largest absolute Gasteiger partial charge is 0.444 e. The van der Waals surface area contributed by atoms with E-state index in [1.165, 1.54) is 0 Å². The second-order valence-electron chi connectivity index (χ2n) is 7.00. The molecule has 25 heavy (non-hydrogen) atoms. The number of nitrogens with zero attached hydrogens (tertiary/aromatic N) is 3. The normalized spacial score (nSPS) is 19.1. The van der Waals surface area contributed by atoms with Gasteiger partial charge in [0, 0.05) is 25.7 Å². The van der Waals surface area contributed by atoms with Crippen molar-refractivity contribution in [3.8, 4) is 0 Å². The Labute approximate surface area is 149 Å². The zero-order chi connectivity index (χ0) is 19.0. The van der Waals surface area contributed by atoms with Crippen LogP contribution in [-0.4, -0.2) is 47.3 Å². The molecule has 0 saturated carbocycles. The smallest absolute Gasteiger partial charge is 0.416 e. The molecule has 1 atom stereocenters. The Morgan fingerprint density at radius 3 is 2.44 bits per heavy atom. The zero-order valence-electron chi connectivity index (χ0n) is 14.5. The fraction of sp³-hybridized carbons (Fsp3) is 0.625. The summed E-state index contributed by atoms with van der Waals surface area (Å²) in [5.74, 6) is 0.149. The standard InChI is InChI=1S/C16H21ClF3N3O2/c1-10-9-22(14(24)25-15(2,3)4)5-6-23(10)13-8-11(16(18,19)20)7-12(17)21-13/h7-8,10H,5-6,9H2,1-4H3. The van der Waals surface area contributed by atoms with Crippen LogP contribution in [0.4, 0.5) is 23.8 Å². The topological polar surface area (TPSA) is 45.7 Å². The fourth-order valence-corrected chi connectivity index (χ4v) is 2.79. The minimum atomic E-state index is -4.50. The molecule has 0 spiro atoms. The van der Waals surface area contributed by atoms with Gasteiger partial charge in [-0.2, -0.15) is 13.2 Å². The summed E-state index contributed by atoms with van der Waals surface area (Å²) in [6.07, 6.45) is -4.93. The molecule has 1 aromatic heterocycles. The minimum absolute atomic E-state index is 0.149. The van der Waals surface area contributed by atoms with Gasteiger partial charge in [0.1, 0.15) is 16.6 Å². The Bertz CT molecular complexity index is 646. The first-order chi connectivity index (χ1) is 11.4. The number of alkyl halides is 3. The van der Waals surface area contributed by atoms with E-state index in [9.17, 15) is 18.0 Å². The van der Waals surface area contributed by atoms with Crippen molar-refractivity contribution in [2.45, 2.75) is 45.5 Å². The predicted octanol–water partition coefficient (Wildman–Crippen LogP) is 4.20. The molecule has 2 rings (SSSR count). The summed E-state index contributed by atoms with van der Waals surface area (Å²) in [5.41, 5.74) is -1.45. The van der Waals surface area contributed by atoms with Crippen molar-refractivity contribution in [2.24, 2.45) is 0 Å². The maximum Gasteiger partial charge on any atom is 0.416 e. The molecule has 0 aromatic carbocycles. The first-order valence-electron chi connectivity index (χ1n) is 7.86. The summed E-state index contributed by atoms with van der Waals surface area (Å²) in [6, 6.07) is 1.55. The number of halogens is 4. The molecule has 1 aromatic rings. The van der Waals surface area contributed by atoms with E-state index in [2.05, 4.69) is 4.98 Å². The molecule has 1 aliphatic heterocycles. The van der Waals surface area contributed by atoms with Gasteiger partial charge in [-0.3, -0.25) is 0 Å². The highest BCUT2D eigenvalue weighted by Crippen LogP contribution is 2.33. The number of aromatic nitrogens is 1. The second kappa shape index (κ2) is 6.90. The van der Waals surface area contributed by atoms with Crippen LogP contribution in [0.1, 0.15) is 33.3 Å². The van der Waals surface area contributed by atoms with Gasteiger partial charge >= 0.3 is 12.3 Å². The summed E-state index contributed by atoms with van der Waals surface area (Å²) in [4.78, 5) is 19.4. The number of piperazine rings is 1.